The summed E-state index contributed by atoms with van der Waals surface area (Å²) in [7, 11) is 1.57. The van der Waals surface area contributed by atoms with E-state index in [2.05, 4.69) is 0 Å². The number of amides is 2. The van der Waals surface area contributed by atoms with Gasteiger partial charge in [0.05, 0.1) is 35.2 Å². The molecule has 1 saturated carbocycles. The number of fused-ring (bicyclic) bond motifs is 1. The van der Waals surface area contributed by atoms with Gasteiger partial charge in [-0.25, -0.2) is 0 Å². The molecule has 1 aliphatic heterocycles. The van der Waals surface area contributed by atoms with Crippen molar-refractivity contribution in [2.75, 3.05) is 13.7 Å². The molecule has 0 spiro atoms. The van der Waals surface area contributed by atoms with Gasteiger partial charge in [0.2, 0.25) is 0 Å². The van der Waals surface area contributed by atoms with Crippen LogP contribution in [0.25, 0.3) is 0 Å². The summed E-state index contributed by atoms with van der Waals surface area (Å²) in [4.78, 5) is 44.0. The first-order valence-corrected chi connectivity index (χ1v) is 11.3. The molecule has 0 radical (unpaired) electrons. The predicted octanol–water partition coefficient (Wildman–Crippen LogP) is 5.05. The molecule has 1 heterocycles. The van der Waals surface area contributed by atoms with Crippen LogP contribution in [0.4, 0.5) is 5.69 Å². The van der Waals surface area contributed by atoms with Crippen LogP contribution in [-0.2, 0) is 4.79 Å². The number of rotatable bonds is 6. The van der Waals surface area contributed by atoms with Gasteiger partial charge >= 0.3 is 0 Å². The molecule has 7 nitrogen and oxygen atoms in total. The first kappa shape index (κ1) is 23.4. The van der Waals surface area contributed by atoms with E-state index >= 15 is 0 Å². The topological polar surface area (TPSA) is 96.3 Å². The molecular weight excluding hydrogens is 432 g/mol. The summed E-state index contributed by atoms with van der Waals surface area (Å²) in [5, 5.41) is 10.9. The molecule has 2 aliphatic rings. The van der Waals surface area contributed by atoms with E-state index < -0.39 is 0 Å². The van der Waals surface area contributed by atoms with Gasteiger partial charge in [0.25, 0.3) is 11.8 Å². The third-order valence-corrected chi connectivity index (χ3v) is 6.13. The number of carbonyl (C=O) groups is 3. The van der Waals surface area contributed by atoms with Crippen LogP contribution in [0, 0.1) is 5.41 Å². The van der Waals surface area contributed by atoms with Crippen molar-refractivity contribution in [3.63, 3.8) is 0 Å². The van der Waals surface area contributed by atoms with Crippen molar-refractivity contribution >= 4 is 29.0 Å². The van der Waals surface area contributed by atoms with Crippen LogP contribution in [0.2, 0.25) is 0 Å². The first-order chi connectivity index (χ1) is 16.2. The molecule has 1 N–H and O–H groups in total. The molecule has 0 aromatic heterocycles. The van der Waals surface area contributed by atoms with Gasteiger partial charge < -0.3 is 9.84 Å². The molecule has 1 fully saturated rings. The first-order valence-electron chi connectivity index (χ1n) is 11.3. The monoisotopic (exact) mass is 460 g/mol. The third kappa shape index (κ3) is 4.64. The summed E-state index contributed by atoms with van der Waals surface area (Å²) in [6.07, 6.45) is 1.34. The Kier molecular flexibility index (Phi) is 6.37. The summed E-state index contributed by atoms with van der Waals surface area (Å²) in [6.45, 7) is 4.16. The minimum absolute atomic E-state index is 0.0567. The Labute approximate surface area is 198 Å². The van der Waals surface area contributed by atoms with Gasteiger partial charge in [-0.15, -0.1) is 0 Å². The zero-order valence-corrected chi connectivity index (χ0v) is 19.6. The Bertz CT molecular complexity index is 1190. The maximum absolute atomic E-state index is 13.0. The fraction of sp³-hybridized carbons (Fsp3) is 0.333. The lowest BCUT2D eigenvalue weighted by molar-refractivity contribution is -0.117. The number of ketones is 1. The highest BCUT2D eigenvalue weighted by atomic mass is 16.5. The maximum Gasteiger partial charge on any atom is 0.261 e. The van der Waals surface area contributed by atoms with Crippen molar-refractivity contribution in [2.45, 2.75) is 39.5 Å². The summed E-state index contributed by atoms with van der Waals surface area (Å²) in [6, 6.07) is 13.9. The largest absolute Gasteiger partial charge is 0.511 e. The summed E-state index contributed by atoms with van der Waals surface area (Å²) in [5.74, 6) is -0.221. The lowest BCUT2D eigenvalue weighted by Crippen LogP contribution is -2.33. The quantitative estimate of drug-likeness (QED) is 0.370. The number of methoxy groups -OCH3 is 1. The Morgan fingerprint density at radius 3 is 2.35 bits per heavy atom. The van der Waals surface area contributed by atoms with Crippen molar-refractivity contribution in [1.82, 2.24) is 4.90 Å². The second-order valence-electron chi connectivity index (χ2n) is 9.43. The summed E-state index contributed by atoms with van der Waals surface area (Å²) >= 11 is 0. The van der Waals surface area contributed by atoms with Crippen LogP contribution < -0.4 is 4.74 Å². The molecule has 2 aromatic carbocycles. The average Bonchev–Trinajstić information content (AvgIpc) is 3.03. The van der Waals surface area contributed by atoms with Gasteiger partial charge in [0, 0.05) is 25.5 Å². The van der Waals surface area contributed by atoms with Gasteiger partial charge in [-0.3, -0.25) is 24.3 Å². The molecule has 0 atom stereocenters. The fourth-order valence-corrected chi connectivity index (χ4v) is 4.52. The van der Waals surface area contributed by atoms with E-state index in [1.807, 2.05) is 32.0 Å². The molecule has 7 heteroatoms. The van der Waals surface area contributed by atoms with Crippen LogP contribution in [0.15, 0.2) is 64.9 Å². The highest BCUT2D eigenvalue weighted by Crippen LogP contribution is 2.37. The lowest BCUT2D eigenvalue weighted by Gasteiger charge is -2.31. The summed E-state index contributed by atoms with van der Waals surface area (Å²) < 4.78 is 5.27. The Morgan fingerprint density at radius 2 is 1.71 bits per heavy atom. The van der Waals surface area contributed by atoms with Crippen LogP contribution in [0.3, 0.4) is 0 Å². The number of Topliss-reactive ketones (excluding diaryl/α,β-unsaturated/α-hetero) is 1. The minimum Gasteiger partial charge on any atom is -0.511 e. The van der Waals surface area contributed by atoms with Gasteiger partial charge in [-0.1, -0.05) is 32.0 Å². The van der Waals surface area contributed by atoms with E-state index in [0.717, 1.165) is 0 Å². The maximum atomic E-state index is 13.0. The van der Waals surface area contributed by atoms with Crippen molar-refractivity contribution < 1.29 is 24.2 Å². The number of hydrogen-bond acceptors (Lipinski definition) is 6. The Morgan fingerprint density at radius 1 is 1.03 bits per heavy atom. The number of ether oxygens (including phenoxy) is 1. The predicted molar refractivity (Wildman–Crippen MR) is 129 cm³/mol. The van der Waals surface area contributed by atoms with E-state index in [4.69, 9.17) is 9.73 Å². The molecule has 0 unspecified atom stereocenters. The molecule has 0 saturated heterocycles. The zero-order chi connectivity index (χ0) is 24.5. The number of aliphatic hydroxyl groups excluding tert-OH is 1. The van der Waals surface area contributed by atoms with Crippen LogP contribution in [-0.4, -0.2) is 47.0 Å². The van der Waals surface area contributed by atoms with Gasteiger partial charge in [0.1, 0.15) is 11.5 Å². The van der Waals surface area contributed by atoms with E-state index in [1.165, 1.54) is 4.90 Å². The molecule has 0 bridgehead atoms. The average molecular weight is 461 g/mol. The van der Waals surface area contributed by atoms with E-state index in [1.54, 1.807) is 37.4 Å². The van der Waals surface area contributed by atoms with Crippen LogP contribution in [0.1, 0.15) is 60.2 Å². The number of aliphatic imine (C=N–C) groups is 1. The SMILES string of the molecule is COc1cccc(N=C2CC(C)(C)CC(=O)/C2=C(/O)CCCN2C(=O)c3ccccc3C2=O)c1. The van der Waals surface area contributed by atoms with E-state index in [9.17, 15) is 19.5 Å². The molecule has 1 aliphatic carbocycles. The van der Waals surface area contributed by atoms with E-state index in [-0.39, 0.29) is 47.3 Å². The molecule has 4 rings (SSSR count). The highest BCUT2D eigenvalue weighted by Gasteiger charge is 2.37. The number of nitrogens with zero attached hydrogens (tertiary/aromatic N) is 2. The molecule has 34 heavy (non-hydrogen) atoms. The number of hydrogen-bond donors (Lipinski definition) is 1. The van der Waals surface area contributed by atoms with E-state index in [0.29, 0.717) is 47.5 Å². The normalized spacial score (nSPS) is 20.0. The zero-order valence-electron chi connectivity index (χ0n) is 19.6. The number of aliphatic hydroxyl groups is 1. The second-order valence-corrected chi connectivity index (χ2v) is 9.43. The summed E-state index contributed by atoms with van der Waals surface area (Å²) in [5.41, 5.74) is 1.92. The standard InChI is InChI=1S/C27H28N2O5/c1-27(2)15-21(28-17-8-6-9-18(14-17)34-3)24(23(31)16-27)22(30)12-7-13-29-25(32)19-10-4-5-11-20(19)26(29)33/h4-6,8-11,14,30H,7,12-13,15-16H2,1-3H3/b24-22+,28-21?. The fourth-order valence-electron chi connectivity index (χ4n) is 4.52. The molecule has 2 amide bonds. The van der Waals surface area contributed by atoms with Gasteiger partial charge in [0.15, 0.2) is 5.78 Å². The van der Waals surface area contributed by atoms with Crippen molar-refractivity contribution in [3.05, 3.63) is 71.0 Å². The van der Waals surface area contributed by atoms with Gasteiger partial charge in [-0.2, -0.15) is 0 Å². The minimum atomic E-state index is -0.330. The third-order valence-electron chi connectivity index (χ3n) is 6.13. The van der Waals surface area contributed by atoms with Crippen molar-refractivity contribution in [1.29, 1.82) is 0 Å². The smallest absolute Gasteiger partial charge is 0.261 e. The Hall–Kier alpha value is -3.74. The van der Waals surface area contributed by atoms with Crippen molar-refractivity contribution in [2.24, 2.45) is 10.4 Å². The lowest BCUT2D eigenvalue weighted by atomic mass is 9.73. The molecular formula is C27H28N2O5. The van der Waals surface area contributed by atoms with Gasteiger partial charge in [-0.05, 0) is 42.5 Å². The highest BCUT2D eigenvalue weighted by molar-refractivity contribution is 6.25. The molecule has 2 aromatic rings. The number of carbonyl (C=O) groups excluding carboxylic acids is 3. The molecule has 176 valence electrons. The van der Waals surface area contributed by atoms with Crippen LogP contribution >= 0.6 is 0 Å². The number of benzene rings is 2. The Balaban J connectivity index is 1.54. The second kappa shape index (κ2) is 9.25. The number of allylic oxidation sites excluding steroid dienone is 2. The number of imide groups is 1. The van der Waals surface area contributed by atoms with Crippen LogP contribution in [0.5, 0.6) is 5.75 Å². The van der Waals surface area contributed by atoms with Crippen molar-refractivity contribution in [3.8, 4) is 5.75 Å².